The number of alkyl halides is 3. The van der Waals surface area contributed by atoms with Gasteiger partial charge in [-0.05, 0) is 25.6 Å². The SMILES string of the molecule is CNCCC=Cc1ccc(C(=O)C(F)(F)F)cc1. The molecular formula is C13H14F3NO. The molecule has 0 saturated heterocycles. The highest BCUT2D eigenvalue weighted by molar-refractivity contribution is 6.00. The first-order valence-corrected chi connectivity index (χ1v) is 5.48. The first kappa shape index (κ1) is 14.4. The summed E-state index contributed by atoms with van der Waals surface area (Å²) in [5.41, 5.74) is 0.430. The third kappa shape index (κ3) is 4.33. The summed E-state index contributed by atoms with van der Waals surface area (Å²) in [5, 5.41) is 2.97. The lowest BCUT2D eigenvalue weighted by Crippen LogP contribution is -2.22. The summed E-state index contributed by atoms with van der Waals surface area (Å²) in [6.07, 6.45) is -0.264. The first-order chi connectivity index (χ1) is 8.45. The molecule has 2 nitrogen and oxygen atoms in total. The Morgan fingerprint density at radius 1 is 1.28 bits per heavy atom. The van der Waals surface area contributed by atoms with Crippen LogP contribution in [0.15, 0.2) is 30.3 Å². The van der Waals surface area contributed by atoms with Crippen LogP contribution in [0.3, 0.4) is 0 Å². The van der Waals surface area contributed by atoms with E-state index in [-0.39, 0.29) is 5.56 Å². The molecule has 0 bridgehead atoms. The van der Waals surface area contributed by atoms with Crippen LogP contribution in [0.5, 0.6) is 0 Å². The van der Waals surface area contributed by atoms with Crippen LogP contribution in [-0.4, -0.2) is 25.6 Å². The molecule has 0 unspecified atom stereocenters. The molecule has 0 amide bonds. The van der Waals surface area contributed by atoms with Gasteiger partial charge in [-0.1, -0.05) is 36.4 Å². The van der Waals surface area contributed by atoms with E-state index in [1.807, 2.05) is 13.1 Å². The number of ketones is 1. The van der Waals surface area contributed by atoms with Gasteiger partial charge in [0.2, 0.25) is 0 Å². The molecule has 0 spiro atoms. The molecule has 0 radical (unpaired) electrons. The minimum absolute atomic E-state index is 0.338. The van der Waals surface area contributed by atoms with Crippen LogP contribution in [0.4, 0.5) is 13.2 Å². The molecule has 0 atom stereocenters. The molecule has 0 fully saturated rings. The molecule has 0 heterocycles. The van der Waals surface area contributed by atoms with E-state index in [2.05, 4.69) is 5.32 Å². The Morgan fingerprint density at radius 3 is 2.39 bits per heavy atom. The van der Waals surface area contributed by atoms with Crippen LogP contribution >= 0.6 is 0 Å². The number of carbonyl (C=O) groups is 1. The molecule has 0 aromatic heterocycles. The summed E-state index contributed by atoms with van der Waals surface area (Å²) in [5.74, 6) is -1.81. The first-order valence-electron chi connectivity index (χ1n) is 5.48. The number of benzene rings is 1. The predicted molar refractivity (Wildman–Crippen MR) is 64.4 cm³/mol. The van der Waals surface area contributed by atoms with E-state index in [1.54, 1.807) is 6.08 Å². The third-order valence-corrected chi connectivity index (χ3v) is 2.30. The van der Waals surface area contributed by atoms with Gasteiger partial charge in [0.25, 0.3) is 5.78 Å². The fourth-order valence-corrected chi connectivity index (χ4v) is 1.36. The van der Waals surface area contributed by atoms with Gasteiger partial charge in [-0.2, -0.15) is 13.2 Å². The maximum atomic E-state index is 12.2. The number of rotatable bonds is 5. The van der Waals surface area contributed by atoms with Crippen molar-refractivity contribution in [3.63, 3.8) is 0 Å². The highest BCUT2D eigenvalue weighted by Crippen LogP contribution is 2.21. The second-order valence-corrected chi connectivity index (χ2v) is 3.74. The molecule has 1 aromatic rings. The molecule has 5 heteroatoms. The minimum atomic E-state index is -4.82. The predicted octanol–water partition coefficient (Wildman–Crippen LogP) is 3.05. The van der Waals surface area contributed by atoms with Crippen molar-refractivity contribution in [3.8, 4) is 0 Å². The quantitative estimate of drug-likeness (QED) is 0.649. The Morgan fingerprint density at radius 2 is 1.89 bits per heavy atom. The van der Waals surface area contributed by atoms with E-state index in [4.69, 9.17) is 0 Å². The van der Waals surface area contributed by atoms with E-state index in [0.29, 0.717) is 0 Å². The van der Waals surface area contributed by atoms with Crippen LogP contribution in [0.25, 0.3) is 6.08 Å². The molecule has 1 aromatic carbocycles. The van der Waals surface area contributed by atoms with E-state index in [0.717, 1.165) is 18.5 Å². The number of nitrogens with one attached hydrogen (secondary N) is 1. The molecule has 98 valence electrons. The lowest BCUT2D eigenvalue weighted by molar-refractivity contribution is -0.0885. The summed E-state index contributed by atoms with van der Waals surface area (Å²) in [4.78, 5) is 10.9. The third-order valence-electron chi connectivity index (χ3n) is 2.30. The van der Waals surface area contributed by atoms with Crippen LogP contribution in [0.1, 0.15) is 22.3 Å². The van der Waals surface area contributed by atoms with Gasteiger partial charge in [0.05, 0.1) is 0 Å². The van der Waals surface area contributed by atoms with Crippen molar-refractivity contribution in [2.75, 3.05) is 13.6 Å². The zero-order valence-corrected chi connectivity index (χ0v) is 9.92. The Kier molecular flexibility index (Phi) is 5.09. The van der Waals surface area contributed by atoms with E-state index in [1.165, 1.54) is 24.3 Å². The fraction of sp³-hybridized carbons (Fsp3) is 0.308. The zero-order chi connectivity index (χ0) is 13.6. The van der Waals surface area contributed by atoms with Crippen molar-refractivity contribution < 1.29 is 18.0 Å². The molecule has 1 N–H and O–H groups in total. The summed E-state index contributed by atoms with van der Waals surface area (Å²) >= 11 is 0. The molecule has 1 rings (SSSR count). The van der Waals surface area contributed by atoms with Crippen molar-refractivity contribution in [1.29, 1.82) is 0 Å². The Hall–Kier alpha value is -1.62. The van der Waals surface area contributed by atoms with Gasteiger partial charge in [0, 0.05) is 5.56 Å². The maximum Gasteiger partial charge on any atom is 0.454 e. The van der Waals surface area contributed by atoms with Gasteiger partial charge in [-0.25, -0.2) is 0 Å². The summed E-state index contributed by atoms with van der Waals surface area (Å²) < 4.78 is 36.5. The van der Waals surface area contributed by atoms with Gasteiger partial charge < -0.3 is 5.32 Å². The number of halogens is 3. The minimum Gasteiger partial charge on any atom is -0.319 e. The second kappa shape index (κ2) is 6.35. The van der Waals surface area contributed by atoms with Gasteiger partial charge >= 0.3 is 6.18 Å². The van der Waals surface area contributed by atoms with Crippen molar-refractivity contribution in [2.24, 2.45) is 0 Å². The van der Waals surface area contributed by atoms with Crippen molar-refractivity contribution in [2.45, 2.75) is 12.6 Å². The monoisotopic (exact) mass is 257 g/mol. The molecule has 18 heavy (non-hydrogen) atoms. The average Bonchev–Trinajstić information content (AvgIpc) is 2.33. The molecule has 0 aliphatic heterocycles. The van der Waals surface area contributed by atoms with Gasteiger partial charge in [-0.15, -0.1) is 0 Å². The fourth-order valence-electron chi connectivity index (χ4n) is 1.36. The van der Waals surface area contributed by atoms with Crippen molar-refractivity contribution >= 4 is 11.9 Å². The molecule has 0 aliphatic rings. The summed E-state index contributed by atoms with van der Waals surface area (Å²) in [6.45, 7) is 0.834. The standard InChI is InChI=1S/C13H14F3NO/c1-17-9-3-2-4-10-5-7-11(8-6-10)12(18)13(14,15)16/h2,4-8,17H,3,9H2,1H3. The zero-order valence-electron chi connectivity index (χ0n) is 9.92. The van der Waals surface area contributed by atoms with Gasteiger partial charge in [-0.3, -0.25) is 4.79 Å². The van der Waals surface area contributed by atoms with Crippen LogP contribution in [-0.2, 0) is 0 Å². The maximum absolute atomic E-state index is 12.2. The van der Waals surface area contributed by atoms with Crippen molar-refractivity contribution in [3.05, 3.63) is 41.5 Å². The molecule has 0 aliphatic carbocycles. The number of hydrogen-bond donors (Lipinski definition) is 1. The number of Topliss-reactive ketones (excluding diaryl/α,β-unsaturated/α-hetero) is 1. The van der Waals surface area contributed by atoms with E-state index < -0.39 is 12.0 Å². The van der Waals surface area contributed by atoms with Crippen LogP contribution in [0, 0.1) is 0 Å². The second-order valence-electron chi connectivity index (χ2n) is 3.74. The molecule has 0 saturated carbocycles. The Bertz CT molecular complexity index is 421. The van der Waals surface area contributed by atoms with Crippen molar-refractivity contribution in [1.82, 2.24) is 5.32 Å². The smallest absolute Gasteiger partial charge is 0.319 e. The van der Waals surface area contributed by atoms with Gasteiger partial charge in [0.1, 0.15) is 0 Å². The van der Waals surface area contributed by atoms with E-state index >= 15 is 0 Å². The lowest BCUT2D eigenvalue weighted by Gasteiger charge is -2.04. The normalized spacial score (nSPS) is 12.0. The summed E-state index contributed by atoms with van der Waals surface area (Å²) in [6, 6.07) is 5.37. The lowest BCUT2D eigenvalue weighted by atomic mass is 10.1. The Balaban J connectivity index is 2.69. The average molecular weight is 257 g/mol. The topological polar surface area (TPSA) is 29.1 Å². The van der Waals surface area contributed by atoms with E-state index in [9.17, 15) is 18.0 Å². The van der Waals surface area contributed by atoms with Crippen LogP contribution < -0.4 is 5.32 Å². The Labute approximate surface area is 104 Å². The number of hydrogen-bond acceptors (Lipinski definition) is 2. The molecular weight excluding hydrogens is 243 g/mol. The van der Waals surface area contributed by atoms with Gasteiger partial charge in [0.15, 0.2) is 0 Å². The highest BCUT2D eigenvalue weighted by Gasteiger charge is 2.38. The number of carbonyl (C=O) groups excluding carboxylic acids is 1. The summed E-state index contributed by atoms with van der Waals surface area (Å²) in [7, 11) is 1.84. The van der Waals surface area contributed by atoms with Crippen LogP contribution in [0.2, 0.25) is 0 Å². The largest absolute Gasteiger partial charge is 0.454 e. The highest BCUT2D eigenvalue weighted by atomic mass is 19.4.